The Hall–Kier alpha value is -1.59. The summed E-state index contributed by atoms with van der Waals surface area (Å²) in [5.41, 5.74) is -1.36. The molecule has 0 heterocycles. The van der Waals surface area contributed by atoms with Crippen molar-refractivity contribution in [1.82, 2.24) is 5.32 Å². The van der Waals surface area contributed by atoms with Crippen molar-refractivity contribution in [2.75, 3.05) is 7.05 Å². The molecule has 0 radical (unpaired) electrons. The van der Waals surface area contributed by atoms with Crippen LogP contribution in [-0.4, -0.2) is 34.1 Å². The number of carboxylic acid groups (broad SMARTS) is 1. The van der Waals surface area contributed by atoms with Crippen LogP contribution in [0.1, 0.15) is 5.56 Å². The second-order valence-corrected chi connectivity index (χ2v) is 3.26. The quantitative estimate of drug-likeness (QED) is 0.523. The van der Waals surface area contributed by atoms with Crippen molar-refractivity contribution in [1.29, 1.82) is 0 Å². The van der Waals surface area contributed by atoms with E-state index in [-0.39, 0.29) is 12.2 Å². The lowest BCUT2D eigenvalue weighted by atomic mass is 10.0. The maximum absolute atomic E-state index is 10.8. The van der Waals surface area contributed by atoms with Gasteiger partial charge in [0.2, 0.25) is 5.72 Å². The van der Waals surface area contributed by atoms with Crippen LogP contribution < -0.4 is 5.32 Å². The van der Waals surface area contributed by atoms with Gasteiger partial charge in [0, 0.05) is 6.42 Å². The molecule has 5 heteroatoms. The molecule has 0 saturated carbocycles. The number of aromatic hydroxyl groups is 1. The zero-order chi connectivity index (χ0) is 11.5. The van der Waals surface area contributed by atoms with Gasteiger partial charge in [0.05, 0.1) is 0 Å². The maximum atomic E-state index is 10.8. The molecule has 0 spiro atoms. The first-order chi connectivity index (χ1) is 6.98. The zero-order valence-corrected chi connectivity index (χ0v) is 8.27. The number of carboxylic acids is 1. The molecular weight excluding hydrogens is 198 g/mol. The number of aliphatic carboxylic acids is 1. The third kappa shape index (κ3) is 2.68. The number of likely N-dealkylation sites (N-methyl/N-ethyl adjacent to an activating group) is 1. The summed E-state index contributed by atoms with van der Waals surface area (Å²) < 4.78 is 0. The van der Waals surface area contributed by atoms with E-state index in [1.165, 1.54) is 19.2 Å². The van der Waals surface area contributed by atoms with Crippen LogP contribution in [0.5, 0.6) is 5.75 Å². The molecular formula is C10H13NO4. The fourth-order valence-corrected chi connectivity index (χ4v) is 1.18. The first kappa shape index (κ1) is 11.5. The van der Waals surface area contributed by atoms with Crippen molar-refractivity contribution in [3.8, 4) is 5.75 Å². The van der Waals surface area contributed by atoms with Crippen LogP contribution in [0.3, 0.4) is 0 Å². The summed E-state index contributed by atoms with van der Waals surface area (Å²) in [6, 6.07) is 5.99. The molecule has 0 aliphatic rings. The van der Waals surface area contributed by atoms with Crippen LogP contribution in [0.2, 0.25) is 0 Å². The fraction of sp³-hybridized carbons (Fsp3) is 0.300. The normalized spacial score (nSPS) is 14.5. The summed E-state index contributed by atoms with van der Waals surface area (Å²) >= 11 is 0. The third-order valence-electron chi connectivity index (χ3n) is 2.16. The molecule has 0 amide bonds. The molecule has 0 aliphatic heterocycles. The van der Waals surface area contributed by atoms with Gasteiger partial charge in [0.15, 0.2) is 0 Å². The third-order valence-corrected chi connectivity index (χ3v) is 2.16. The van der Waals surface area contributed by atoms with Crippen LogP contribution >= 0.6 is 0 Å². The van der Waals surface area contributed by atoms with Crippen molar-refractivity contribution in [3.05, 3.63) is 29.8 Å². The predicted molar refractivity (Wildman–Crippen MR) is 53.5 cm³/mol. The van der Waals surface area contributed by atoms with Crippen LogP contribution in [0.25, 0.3) is 0 Å². The topological polar surface area (TPSA) is 89.8 Å². The van der Waals surface area contributed by atoms with Gasteiger partial charge in [-0.05, 0) is 24.7 Å². The highest BCUT2D eigenvalue weighted by atomic mass is 16.4. The molecule has 1 aromatic rings. The van der Waals surface area contributed by atoms with Crippen molar-refractivity contribution < 1.29 is 20.1 Å². The number of carbonyl (C=O) groups is 1. The molecule has 0 aromatic heterocycles. The Morgan fingerprint density at radius 3 is 2.33 bits per heavy atom. The van der Waals surface area contributed by atoms with Crippen LogP contribution in [0, 0.1) is 0 Å². The summed E-state index contributed by atoms with van der Waals surface area (Å²) in [4.78, 5) is 10.8. The number of rotatable bonds is 4. The Kier molecular flexibility index (Phi) is 3.28. The van der Waals surface area contributed by atoms with Crippen LogP contribution in [0.4, 0.5) is 0 Å². The molecule has 0 aliphatic carbocycles. The molecule has 0 saturated heterocycles. The molecule has 5 nitrogen and oxygen atoms in total. The van der Waals surface area contributed by atoms with Crippen molar-refractivity contribution in [3.63, 3.8) is 0 Å². The van der Waals surface area contributed by atoms with E-state index >= 15 is 0 Å². The minimum absolute atomic E-state index is 0.0703. The highest BCUT2D eigenvalue weighted by Crippen LogP contribution is 2.14. The predicted octanol–water partition coefficient (Wildman–Crippen LogP) is -0.0727. The summed E-state index contributed by atoms with van der Waals surface area (Å²) in [6.45, 7) is 0. The smallest absolute Gasteiger partial charge is 0.351 e. The second kappa shape index (κ2) is 4.29. The molecule has 4 N–H and O–H groups in total. The molecule has 15 heavy (non-hydrogen) atoms. The van der Waals surface area contributed by atoms with Crippen molar-refractivity contribution in [2.24, 2.45) is 0 Å². The first-order valence-electron chi connectivity index (χ1n) is 4.40. The molecule has 1 unspecified atom stereocenters. The lowest BCUT2D eigenvalue weighted by Gasteiger charge is -2.22. The average Bonchev–Trinajstić information content (AvgIpc) is 2.21. The first-order valence-corrected chi connectivity index (χ1v) is 4.40. The van der Waals surface area contributed by atoms with Crippen molar-refractivity contribution in [2.45, 2.75) is 12.1 Å². The Balaban J connectivity index is 2.84. The number of phenols is 1. The Labute approximate surface area is 87.0 Å². The number of aliphatic hydroxyl groups is 1. The molecule has 82 valence electrons. The van der Waals surface area contributed by atoms with Crippen molar-refractivity contribution >= 4 is 5.97 Å². The highest BCUT2D eigenvalue weighted by Gasteiger charge is 2.34. The van der Waals surface area contributed by atoms with Gasteiger partial charge in [-0.25, -0.2) is 4.79 Å². The average molecular weight is 211 g/mol. The second-order valence-electron chi connectivity index (χ2n) is 3.26. The van der Waals surface area contributed by atoms with Gasteiger partial charge in [-0.3, -0.25) is 5.32 Å². The molecule has 0 bridgehead atoms. The van der Waals surface area contributed by atoms with Gasteiger partial charge in [0.1, 0.15) is 5.75 Å². The SMILES string of the molecule is CNC(O)(Cc1ccc(O)cc1)C(=O)O. The maximum Gasteiger partial charge on any atom is 0.351 e. The summed E-state index contributed by atoms with van der Waals surface area (Å²) in [5.74, 6) is -1.24. The largest absolute Gasteiger partial charge is 0.508 e. The van der Waals surface area contributed by atoms with Crippen LogP contribution in [-0.2, 0) is 11.2 Å². The van der Waals surface area contributed by atoms with E-state index in [0.717, 1.165) is 0 Å². The number of nitrogens with one attached hydrogen (secondary N) is 1. The van der Waals surface area contributed by atoms with E-state index in [1.54, 1.807) is 12.1 Å². The molecule has 1 rings (SSSR count). The number of hydrogen-bond acceptors (Lipinski definition) is 4. The zero-order valence-electron chi connectivity index (χ0n) is 8.27. The fourth-order valence-electron chi connectivity index (χ4n) is 1.18. The summed E-state index contributed by atoms with van der Waals surface area (Å²) in [7, 11) is 1.37. The van der Waals surface area contributed by atoms with Gasteiger partial charge in [-0.2, -0.15) is 0 Å². The number of phenolic OH excluding ortho intramolecular Hbond substituents is 1. The van der Waals surface area contributed by atoms with Crippen LogP contribution in [0.15, 0.2) is 24.3 Å². The van der Waals surface area contributed by atoms with E-state index in [4.69, 9.17) is 10.2 Å². The van der Waals surface area contributed by atoms with Gasteiger partial charge in [-0.1, -0.05) is 12.1 Å². The Morgan fingerprint density at radius 2 is 1.93 bits per heavy atom. The standard InChI is InChI=1S/C10H13NO4/c1-11-10(15,9(13)14)6-7-2-4-8(12)5-3-7/h2-5,11-12,15H,6H2,1H3,(H,13,14). The Morgan fingerprint density at radius 1 is 1.40 bits per heavy atom. The minimum Gasteiger partial charge on any atom is -0.508 e. The van der Waals surface area contributed by atoms with Gasteiger partial charge in [-0.15, -0.1) is 0 Å². The van der Waals surface area contributed by atoms with E-state index in [9.17, 15) is 9.90 Å². The van der Waals surface area contributed by atoms with E-state index in [0.29, 0.717) is 5.56 Å². The van der Waals surface area contributed by atoms with E-state index in [2.05, 4.69) is 5.32 Å². The lowest BCUT2D eigenvalue weighted by molar-refractivity contribution is -0.161. The number of benzene rings is 1. The lowest BCUT2D eigenvalue weighted by Crippen LogP contribution is -2.52. The van der Waals surface area contributed by atoms with E-state index in [1.807, 2.05) is 0 Å². The minimum atomic E-state index is -1.98. The number of hydrogen-bond donors (Lipinski definition) is 4. The highest BCUT2D eigenvalue weighted by molar-refractivity contribution is 5.76. The molecule has 0 fully saturated rings. The summed E-state index contributed by atoms with van der Waals surface area (Å²) in [5, 5.41) is 29.8. The molecule has 1 aromatic carbocycles. The van der Waals surface area contributed by atoms with Gasteiger partial charge in [0.25, 0.3) is 0 Å². The van der Waals surface area contributed by atoms with Gasteiger partial charge < -0.3 is 15.3 Å². The Bertz CT molecular complexity index is 349. The monoisotopic (exact) mass is 211 g/mol. The molecule has 1 atom stereocenters. The van der Waals surface area contributed by atoms with E-state index < -0.39 is 11.7 Å². The summed E-state index contributed by atoms with van der Waals surface area (Å²) in [6.07, 6.45) is -0.0703. The van der Waals surface area contributed by atoms with Gasteiger partial charge >= 0.3 is 5.97 Å².